The molecule has 1 aliphatic heterocycles. The predicted octanol–water partition coefficient (Wildman–Crippen LogP) is 0.944. The third kappa shape index (κ3) is 1.17. The fraction of sp³-hybridized carbons (Fsp3) is 0.125. The number of hydrogen-bond acceptors (Lipinski definition) is 3. The van der Waals surface area contributed by atoms with Crippen LogP contribution >= 0.6 is 0 Å². The molecule has 0 saturated heterocycles. The third-order valence-corrected chi connectivity index (χ3v) is 1.50. The molecule has 0 N–H and O–H groups in total. The number of hydrogen-bond donors (Lipinski definition) is 0. The summed E-state index contributed by atoms with van der Waals surface area (Å²) < 4.78 is 0. The first-order valence-electron chi connectivity index (χ1n) is 3.43. The molecule has 2 heterocycles. The number of aliphatic imine (C=N–C) groups is 1. The second-order valence-corrected chi connectivity index (χ2v) is 2.25. The van der Waals surface area contributed by atoms with Crippen molar-refractivity contribution in [2.24, 2.45) is 4.99 Å². The molecule has 2 rings (SSSR count). The maximum atomic E-state index is 4.10. The molecule has 1 aliphatic rings. The molecule has 0 bridgehead atoms. The van der Waals surface area contributed by atoms with Crippen molar-refractivity contribution >= 4 is 11.8 Å². The molecule has 0 amide bonds. The number of aromatic nitrogens is 2. The van der Waals surface area contributed by atoms with Crippen LogP contribution in [0.5, 0.6) is 0 Å². The molecule has 3 nitrogen and oxygen atoms in total. The van der Waals surface area contributed by atoms with Crippen molar-refractivity contribution in [1.82, 2.24) is 9.97 Å². The predicted molar refractivity (Wildman–Crippen MR) is 43.4 cm³/mol. The van der Waals surface area contributed by atoms with E-state index in [1.807, 2.05) is 6.08 Å². The van der Waals surface area contributed by atoms with E-state index in [0.717, 1.165) is 11.4 Å². The lowest BCUT2D eigenvalue weighted by molar-refractivity contribution is 1.09. The zero-order chi connectivity index (χ0) is 7.52. The summed E-state index contributed by atoms with van der Waals surface area (Å²) in [7, 11) is 0. The maximum absolute atomic E-state index is 4.10. The van der Waals surface area contributed by atoms with Gasteiger partial charge in [-0.05, 0) is 12.1 Å². The lowest BCUT2D eigenvalue weighted by Gasteiger charge is -1.95. The Bertz CT molecular complexity index is 300. The Morgan fingerprint density at radius 2 is 2.00 bits per heavy atom. The van der Waals surface area contributed by atoms with Crippen LogP contribution in [0.1, 0.15) is 5.82 Å². The molecular weight excluding hydrogens is 138 g/mol. The normalized spacial score (nSPS) is 15.1. The van der Waals surface area contributed by atoms with E-state index in [1.54, 1.807) is 24.7 Å². The van der Waals surface area contributed by atoms with E-state index in [4.69, 9.17) is 0 Å². The second kappa shape index (κ2) is 2.62. The van der Waals surface area contributed by atoms with Crippen LogP contribution in [-0.2, 0) is 0 Å². The topological polar surface area (TPSA) is 38.1 Å². The monoisotopic (exact) mass is 145 g/mol. The minimum Gasteiger partial charge on any atom is -0.288 e. The number of rotatable bonds is 1. The first-order chi connectivity index (χ1) is 5.47. The van der Waals surface area contributed by atoms with Crippen molar-refractivity contribution in [3.8, 4) is 0 Å². The Hall–Kier alpha value is -1.51. The van der Waals surface area contributed by atoms with Gasteiger partial charge in [-0.1, -0.05) is 0 Å². The van der Waals surface area contributed by atoms with Crippen LogP contribution in [0.3, 0.4) is 0 Å². The Labute approximate surface area is 64.5 Å². The molecular formula is C8H7N3. The van der Waals surface area contributed by atoms with Crippen molar-refractivity contribution in [3.63, 3.8) is 0 Å². The summed E-state index contributed by atoms with van der Waals surface area (Å²) >= 11 is 0. The van der Waals surface area contributed by atoms with E-state index in [0.29, 0.717) is 6.54 Å². The molecule has 0 spiro atoms. The highest BCUT2D eigenvalue weighted by atomic mass is 14.9. The molecule has 1 aromatic heterocycles. The molecule has 0 atom stereocenters. The summed E-state index contributed by atoms with van der Waals surface area (Å²) in [6.45, 7) is 0.712. The fourth-order valence-corrected chi connectivity index (χ4v) is 0.957. The highest BCUT2D eigenvalue weighted by Gasteiger charge is 2.04. The van der Waals surface area contributed by atoms with Crippen molar-refractivity contribution in [1.29, 1.82) is 0 Å². The van der Waals surface area contributed by atoms with Gasteiger partial charge in [0.25, 0.3) is 0 Å². The van der Waals surface area contributed by atoms with Gasteiger partial charge in [-0.2, -0.15) is 0 Å². The van der Waals surface area contributed by atoms with Gasteiger partial charge in [-0.15, -0.1) is 0 Å². The summed E-state index contributed by atoms with van der Waals surface area (Å²) in [5.74, 6) is 0.782. The first-order valence-corrected chi connectivity index (χ1v) is 3.43. The molecule has 0 saturated carbocycles. The average Bonchev–Trinajstić information content (AvgIpc) is 2.58. The van der Waals surface area contributed by atoms with Crippen LogP contribution in [0.4, 0.5) is 0 Å². The van der Waals surface area contributed by atoms with Gasteiger partial charge < -0.3 is 0 Å². The van der Waals surface area contributed by atoms with E-state index in [1.165, 1.54) is 0 Å². The minimum atomic E-state index is 0.712. The summed E-state index contributed by atoms with van der Waals surface area (Å²) in [4.78, 5) is 12.2. The van der Waals surface area contributed by atoms with Crippen LogP contribution < -0.4 is 0 Å². The quantitative estimate of drug-likeness (QED) is 0.590. The Balaban J connectivity index is 2.31. The van der Waals surface area contributed by atoms with E-state index in [-0.39, 0.29) is 0 Å². The molecule has 1 aromatic rings. The second-order valence-electron chi connectivity index (χ2n) is 2.25. The van der Waals surface area contributed by atoms with Gasteiger partial charge in [0, 0.05) is 24.2 Å². The zero-order valence-corrected chi connectivity index (χ0v) is 5.94. The number of nitrogens with zero attached hydrogens (tertiary/aromatic N) is 3. The highest BCUT2D eigenvalue weighted by Crippen LogP contribution is 2.10. The van der Waals surface area contributed by atoms with Gasteiger partial charge in [0.1, 0.15) is 0 Å². The third-order valence-electron chi connectivity index (χ3n) is 1.50. The molecule has 0 radical (unpaired) electrons. The minimum absolute atomic E-state index is 0.712. The molecule has 3 heteroatoms. The highest BCUT2D eigenvalue weighted by molar-refractivity contribution is 5.88. The molecule has 54 valence electrons. The van der Waals surface area contributed by atoms with Crippen molar-refractivity contribution in [2.45, 2.75) is 0 Å². The first kappa shape index (κ1) is 6.22. The molecule has 11 heavy (non-hydrogen) atoms. The fourth-order valence-electron chi connectivity index (χ4n) is 0.957. The summed E-state index contributed by atoms with van der Waals surface area (Å²) in [6.07, 6.45) is 7.20. The average molecular weight is 145 g/mol. The summed E-state index contributed by atoms with van der Waals surface area (Å²) in [5.41, 5.74) is 1.09. The SMILES string of the molecule is C1=NCC(c2ncccn2)=C1. The Morgan fingerprint density at radius 3 is 2.64 bits per heavy atom. The van der Waals surface area contributed by atoms with Crippen molar-refractivity contribution in [3.05, 3.63) is 30.4 Å². The Kier molecular flexibility index (Phi) is 1.48. The van der Waals surface area contributed by atoms with Crippen molar-refractivity contribution < 1.29 is 0 Å². The van der Waals surface area contributed by atoms with Gasteiger partial charge in [0.05, 0.1) is 6.54 Å². The summed E-state index contributed by atoms with van der Waals surface area (Å²) in [5, 5.41) is 0. The van der Waals surface area contributed by atoms with Gasteiger partial charge in [0.2, 0.25) is 0 Å². The lowest BCUT2D eigenvalue weighted by atomic mass is 10.2. The van der Waals surface area contributed by atoms with Crippen LogP contribution in [0.25, 0.3) is 5.57 Å². The van der Waals surface area contributed by atoms with E-state index < -0.39 is 0 Å². The largest absolute Gasteiger partial charge is 0.288 e. The van der Waals surface area contributed by atoms with Crippen LogP contribution in [-0.4, -0.2) is 22.7 Å². The summed E-state index contributed by atoms with van der Waals surface area (Å²) in [6, 6.07) is 1.81. The molecule has 0 unspecified atom stereocenters. The lowest BCUT2D eigenvalue weighted by Crippen LogP contribution is -1.92. The standard InChI is InChI=1S/C8H7N3/c1-3-10-8(11-4-1)7-2-5-9-6-7/h1-5H,6H2. The smallest absolute Gasteiger partial charge is 0.156 e. The maximum Gasteiger partial charge on any atom is 0.156 e. The van der Waals surface area contributed by atoms with E-state index >= 15 is 0 Å². The van der Waals surface area contributed by atoms with Gasteiger partial charge in [-0.25, -0.2) is 9.97 Å². The Morgan fingerprint density at radius 1 is 1.18 bits per heavy atom. The van der Waals surface area contributed by atoms with Gasteiger partial charge in [0.15, 0.2) is 5.82 Å². The van der Waals surface area contributed by atoms with Crippen LogP contribution in [0.2, 0.25) is 0 Å². The molecule has 0 aliphatic carbocycles. The zero-order valence-electron chi connectivity index (χ0n) is 5.94. The van der Waals surface area contributed by atoms with E-state index in [9.17, 15) is 0 Å². The number of allylic oxidation sites excluding steroid dienone is 1. The van der Waals surface area contributed by atoms with Gasteiger partial charge in [-0.3, -0.25) is 4.99 Å². The van der Waals surface area contributed by atoms with Crippen LogP contribution in [0, 0.1) is 0 Å². The van der Waals surface area contributed by atoms with Gasteiger partial charge >= 0.3 is 0 Å². The molecule has 0 aromatic carbocycles. The van der Waals surface area contributed by atoms with Crippen molar-refractivity contribution in [2.75, 3.05) is 6.54 Å². The van der Waals surface area contributed by atoms with Crippen LogP contribution in [0.15, 0.2) is 29.5 Å². The molecule has 0 fully saturated rings. The van der Waals surface area contributed by atoms with E-state index in [2.05, 4.69) is 15.0 Å².